The Labute approximate surface area is 107 Å². The molecule has 3 unspecified atom stereocenters. The van der Waals surface area contributed by atoms with Gasteiger partial charge in [-0.2, -0.15) is 5.10 Å². The fraction of sp³-hybridized carbons (Fsp3) is 0.692. The lowest BCUT2D eigenvalue weighted by molar-refractivity contribution is 0.0886. The number of methoxy groups -OCH3 is 1. The molecule has 2 aliphatic heterocycles. The zero-order chi connectivity index (χ0) is 12.7. The molecule has 2 aliphatic rings. The maximum absolute atomic E-state index is 12.7. The third-order valence-electron chi connectivity index (χ3n) is 4.20. The molecule has 0 spiro atoms. The molecule has 18 heavy (non-hydrogen) atoms. The van der Waals surface area contributed by atoms with E-state index in [0.717, 1.165) is 12.8 Å². The molecule has 1 N–H and O–H groups in total. The van der Waals surface area contributed by atoms with Gasteiger partial charge in [-0.3, -0.25) is 9.48 Å². The SMILES string of the molecule is CCn1ncc(OC)c1C(=O)C1CC2CCC1N2. The summed E-state index contributed by atoms with van der Waals surface area (Å²) in [6.45, 7) is 2.68. The Morgan fingerprint density at radius 2 is 2.44 bits per heavy atom. The number of ketones is 1. The standard InChI is InChI=1S/C13H19N3O2/c1-3-16-12(11(18-2)7-14-16)13(17)9-6-8-4-5-10(9)15-8/h7-10,15H,3-6H2,1-2H3. The number of ether oxygens (including phenoxy) is 1. The van der Waals surface area contributed by atoms with Crippen LogP contribution in [0.15, 0.2) is 6.20 Å². The van der Waals surface area contributed by atoms with Gasteiger partial charge in [0.1, 0.15) is 5.69 Å². The largest absolute Gasteiger partial charge is 0.493 e. The van der Waals surface area contributed by atoms with Crippen LogP contribution in [0.1, 0.15) is 36.7 Å². The number of fused-ring (bicyclic) bond motifs is 2. The first kappa shape index (κ1) is 11.7. The van der Waals surface area contributed by atoms with E-state index in [1.807, 2.05) is 6.92 Å². The van der Waals surface area contributed by atoms with Crippen LogP contribution in [0.3, 0.4) is 0 Å². The maximum atomic E-state index is 12.7. The molecule has 3 heterocycles. The molecule has 0 aliphatic carbocycles. The van der Waals surface area contributed by atoms with Gasteiger partial charge in [-0.1, -0.05) is 0 Å². The first-order valence-electron chi connectivity index (χ1n) is 6.64. The molecule has 0 radical (unpaired) electrons. The Bertz CT molecular complexity index is 447. The van der Waals surface area contributed by atoms with Gasteiger partial charge < -0.3 is 10.1 Å². The van der Waals surface area contributed by atoms with Crippen LogP contribution in [-0.2, 0) is 6.54 Å². The lowest BCUT2D eigenvalue weighted by Gasteiger charge is -2.19. The molecule has 3 atom stereocenters. The molecule has 5 heteroatoms. The van der Waals surface area contributed by atoms with Gasteiger partial charge in [0, 0.05) is 24.5 Å². The van der Waals surface area contributed by atoms with Crippen LogP contribution in [0.25, 0.3) is 0 Å². The van der Waals surface area contributed by atoms with Crippen LogP contribution in [0.2, 0.25) is 0 Å². The van der Waals surface area contributed by atoms with Crippen molar-refractivity contribution in [2.24, 2.45) is 5.92 Å². The molecule has 0 saturated carbocycles. The van der Waals surface area contributed by atoms with Crippen LogP contribution in [0, 0.1) is 5.92 Å². The van der Waals surface area contributed by atoms with E-state index in [1.54, 1.807) is 18.0 Å². The molecule has 0 aromatic carbocycles. The molecule has 0 amide bonds. The predicted octanol–water partition coefficient (Wildman–Crippen LogP) is 1.23. The second-order valence-corrected chi connectivity index (χ2v) is 5.13. The Balaban J connectivity index is 1.90. The number of aryl methyl sites for hydroxylation is 1. The van der Waals surface area contributed by atoms with Crippen LogP contribution >= 0.6 is 0 Å². The summed E-state index contributed by atoms with van der Waals surface area (Å²) in [6.07, 6.45) is 4.92. The van der Waals surface area contributed by atoms with E-state index in [-0.39, 0.29) is 11.7 Å². The molecule has 5 nitrogen and oxygen atoms in total. The number of Topliss-reactive ketones (excluding diaryl/α,β-unsaturated/α-hetero) is 1. The van der Waals surface area contributed by atoms with Crippen molar-refractivity contribution >= 4 is 5.78 Å². The highest BCUT2D eigenvalue weighted by atomic mass is 16.5. The van der Waals surface area contributed by atoms with Crippen molar-refractivity contribution < 1.29 is 9.53 Å². The smallest absolute Gasteiger partial charge is 0.189 e. The van der Waals surface area contributed by atoms with Gasteiger partial charge in [-0.25, -0.2) is 0 Å². The fourth-order valence-corrected chi connectivity index (χ4v) is 3.30. The van der Waals surface area contributed by atoms with Crippen LogP contribution in [0.5, 0.6) is 5.75 Å². The summed E-state index contributed by atoms with van der Waals surface area (Å²) >= 11 is 0. The highest BCUT2D eigenvalue weighted by Crippen LogP contribution is 2.36. The van der Waals surface area contributed by atoms with Crippen molar-refractivity contribution in [2.45, 2.75) is 44.8 Å². The number of hydrogen-bond acceptors (Lipinski definition) is 4. The Morgan fingerprint density at radius 3 is 3.00 bits per heavy atom. The zero-order valence-electron chi connectivity index (χ0n) is 10.8. The van der Waals surface area contributed by atoms with Gasteiger partial charge in [-0.05, 0) is 26.2 Å². The Kier molecular flexibility index (Phi) is 2.86. The van der Waals surface area contributed by atoms with E-state index >= 15 is 0 Å². The van der Waals surface area contributed by atoms with Crippen molar-refractivity contribution in [2.75, 3.05) is 7.11 Å². The van der Waals surface area contributed by atoms with Crippen LogP contribution in [0.4, 0.5) is 0 Å². The minimum Gasteiger partial charge on any atom is -0.493 e. The minimum absolute atomic E-state index is 0.0969. The van der Waals surface area contributed by atoms with E-state index in [2.05, 4.69) is 10.4 Å². The first-order chi connectivity index (χ1) is 8.74. The number of carbonyl (C=O) groups excluding carboxylic acids is 1. The number of hydrogen-bond donors (Lipinski definition) is 1. The average Bonchev–Trinajstić information content (AvgIpc) is 3.10. The van der Waals surface area contributed by atoms with Gasteiger partial charge in [0.2, 0.25) is 0 Å². The number of carbonyl (C=O) groups is 1. The third kappa shape index (κ3) is 1.65. The Hall–Kier alpha value is -1.36. The van der Waals surface area contributed by atoms with E-state index < -0.39 is 0 Å². The molecular weight excluding hydrogens is 230 g/mol. The quantitative estimate of drug-likeness (QED) is 0.816. The van der Waals surface area contributed by atoms with Crippen LogP contribution < -0.4 is 10.1 Å². The lowest BCUT2D eigenvalue weighted by atomic mass is 9.85. The van der Waals surface area contributed by atoms with Gasteiger partial charge in [0.25, 0.3) is 0 Å². The minimum atomic E-state index is 0.0969. The van der Waals surface area contributed by atoms with Crippen LogP contribution in [-0.4, -0.2) is 34.8 Å². The number of rotatable bonds is 4. The topological polar surface area (TPSA) is 56.2 Å². The van der Waals surface area contributed by atoms with Crippen molar-refractivity contribution in [3.8, 4) is 5.75 Å². The number of aromatic nitrogens is 2. The summed E-state index contributed by atoms with van der Waals surface area (Å²) < 4.78 is 7.01. The lowest BCUT2D eigenvalue weighted by Crippen LogP contribution is -2.30. The average molecular weight is 249 g/mol. The van der Waals surface area contributed by atoms with Gasteiger partial charge in [0.05, 0.1) is 13.3 Å². The predicted molar refractivity (Wildman–Crippen MR) is 66.8 cm³/mol. The van der Waals surface area contributed by atoms with E-state index in [9.17, 15) is 4.79 Å². The van der Waals surface area contributed by atoms with Crippen molar-refractivity contribution in [3.05, 3.63) is 11.9 Å². The normalized spacial score (nSPS) is 29.8. The summed E-state index contributed by atoms with van der Waals surface area (Å²) in [4.78, 5) is 12.7. The van der Waals surface area contributed by atoms with Gasteiger partial charge in [0.15, 0.2) is 11.5 Å². The second-order valence-electron chi connectivity index (χ2n) is 5.13. The highest BCUT2D eigenvalue weighted by molar-refractivity contribution is 5.99. The summed E-state index contributed by atoms with van der Waals surface area (Å²) in [6, 6.07) is 0.889. The van der Waals surface area contributed by atoms with E-state index in [4.69, 9.17) is 4.74 Å². The summed E-state index contributed by atoms with van der Waals surface area (Å²) in [7, 11) is 1.59. The molecule has 2 saturated heterocycles. The summed E-state index contributed by atoms with van der Waals surface area (Å²) in [5.41, 5.74) is 0.638. The second kappa shape index (κ2) is 4.39. The van der Waals surface area contributed by atoms with Crippen molar-refractivity contribution in [1.82, 2.24) is 15.1 Å². The highest BCUT2D eigenvalue weighted by Gasteiger charge is 2.44. The third-order valence-corrected chi connectivity index (χ3v) is 4.20. The molecule has 2 bridgehead atoms. The maximum Gasteiger partial charge on any atom is 0.189 e. The van der Waals surface area contributed by atoms with E-state index in [0.29, 0.717) is 30.1 Å². The molecule has 3 rings (SSSR count). The fourth-order valence-electron chi connectivity index (χ4n) is 3.30. The zero-order valence-corrected chi connectivity index (χ0v) is 10.8. The van der Waals surface area contributed by atoms with Crippen molar-refractivity contribution in [1.29, 1.82) is 0 Å². The molecule has 98 valence electrons. The van der Waals surface area contributed by atoms with E-state index in [1.165, 1.54) is 6.42 Å². The molecular formula is C13H19N3O2. The summed E-state index contributed by atoms with van der Waals surface area (Å²) in [5, 5.41) is 7.71. The summed E-state index contributed by atoms with van der Waals surface area (Å²) in [5.74, 6) is 0.884. The number of nitrogens with zero attached hydrogens (tertiary/aromatic N) is 2. The van der Waals surface area contributed by atoms with Gasteiger partial charge >= 0.3 is 0 Å². The van der Waals surface area contributed by atoms with Gasteiger partial charge in [-0.15, -0.1) is 0 Å². The molecule has 1 aromatic heterocycles. The number of nitrogens with one attached hydrogen (secondary N) is 1. The molecule has 2 fully saturated rings. The monoisotopic (exact) mass is 249 g/mol. The first-order valence-corrected chi connectivity index (χ1v) is 6.64. The molecule has 1 aromatic rings. The van der Waals surface area contributed by atoms with Crippen molar-refractivity contribution in [3.63, 3.8) is 0 Å². The Morgan fingerprint density at radius 1 is 1.61 bits per heavy atom.